The standard InChI is InChI=1S/C18H21N5O2/c1-12(24)22-9-14-7-16-20-21-17(23(16)11-15(14)10-22)18(25)19-8-13-5-3-2-4-6-13/h2-6,14-15H,7-11H2,1H3,(H,19,25). The van der Waals surface area contributed by atoms with Gasteiger partial charge in [0.15, 0.2) is 0 Å². The largest absolute Gasteiger partial charge is 0.345 e. The summed E-state index contributed by atoms with van der Waals surface area (Å²) in [6.45, 7) is 4.31. The van der Waals surface area contributed by atoms with E-state index in [-0.39, 0.29) is 11.8 Å². The SMILES string of the molecule is CC(=O)N1CC2Cc3nnc(C(=O)NCc4ccccc4)n3CC2C1. The lowest BCUT2D eigenvalue weighted by molar-refractivity contribution is -0.128. The molecule has 2 unspecified atom stereocenters. The van der Waals surface area contributed by atoms with Gasteiger partial charge in [-0.3, -0.25) is 9.59 Å². The fourth-order valence-corrected chi connectivity index (χ4v) is 3.81. The van der Waals surface area contributed by atoms with Crippen LogP contribution in [0.2, 0.25) is 0 Å². The van der Waals surface area contributed by atoms with Crippen molar-refractivity contribution < 1.29 is 9.59 Å². The van der Waals surface area contributed by atoms with Crippen LogP contribution in [0.5, 0.6) is 0 Å². The molecular formula is C18H21N5O2. The molecule has 2 aromatic rings. The number of nitrogens with zero attached hydrogens (tertiary/aromatic N) is 4. The van der Waals surface area contributed by atoms with Crippen LogP contribution in [0.15, 0.2) is 30.3 Å². The molecule has 0 aliphatic carbocycles. The predicted octanol–water partition coefficient (Wildman–Crippen LogP) is 0.859. The first-order valence-corrected chi connectivity index (χ1v) is 8.61. The zero-order chi connectivity index (χ0) is 17.4. The molecule has 1 saturated heterocycles. The van der Waals surface area contributed by atoms with Gasteiger partial charge >= 0.3 is 0 Å². The van der Waals surface area contributed by atoms with Crippen molar-refractivity contribution in [3.05, 3.63) is 47.5 Å². The van der Waals surface area contributed by atoms with Crippen LogP contribution >= 0.6 is 0 Å². The fourth-order valence-electron chi connectivity index (χ4n) is 3.81. The lowest BCUT2D eigenvalue weighted by Gasteiger charge is -2.25. The van der Waals surface area contributed by atoms with Crippen molar-refractivity contribution in [2.75, 3.05) is 13.1 Å². The summed E-state index contributed by atoms with van der Waals surface area (Å²) >= 11 is 0. The molecule has 2 aliphatic rings. The van der Waals surface area contributed by atoms with E-state index in [1.807, 2.05) is 39.8 Å². The third-order valence-electron chi connectivity index (χ3n) is 5.21. The Morgan fingerprint density at radius 3 is 2.64 bits per heavy atom. The van der Waals surface area contributed by atoms with E-state index in [0.717, 1.165) is 30.9 Å². The number of fused-ring (bicyclic) bond motifs is 2. The quantitative estimate of drug-likeness (QED) is 0.899. The minimum atomic E-state index is -0.206. The molecule has 2 aliphatic heterocycles. The molecule has 0 saturated carbocycles. The molecule has 25 heavy (non-hydrogen) atoms. The Balaban J connectivity index is 1.46. The smallest absolute Gasteiger partial charge is 0.289 e. The molecule has 1 N–H and O–H groups in total. The Bertz CT molecular complexity index is 801. The predicted molar refractivity (Wildman–Crippen MR) is 90.6 cm³/mol. The second kappa shape index (κ2) is 6.31. The number of hydrogen-bond acceptors (Lipinski definition) is 4. The molecule has 0 bridgehead atoms. The molecule has 7 heteroatoms. The van der Waals surface area contributed by atoms with Gasteiger partial charge in [-0.25, -0.2) is 0 Å². The fraction of sp³-hybridized carbons (Fsp3) is 0.444. The molecule has 0 radical (unpaired) electrons. The summed E-state index contributed by atoms with van der Waals surface area (Å²) in [6.07, 6.45) is 0.771. The van der Waals surface area contributed by atoms with Crippen LogP contribution in [0.25, 0.3) is 0 Å². The van der Waals surface area contributed by atoms with Gasteiger partial charge in [-0.1, -0.05) is 30.3 Å². The number of likely N-dealkylation sites (tertiary alicyclic amines) is 1. The first-order valence-electron chi connectivity index (χ1n) is 8.61. The normalized spacial score (nSPS) is 21.6. The van der Waals surface area contributed by atoms with Crippen LogP contribution < -0.4 is 5.32 Å². The number of carbonyl (C=O) groups is 2. The van der Waals surface area contributed by atoms with Gasteiger partial charge in [0.1, 0.15) is 5.82 Å². The molecule has 3 heterocycles. The number of benzene rings is 1. The summed E-state index contributed by atoms with van der Waals surface area (Å²) in [5.41, 5.74) is 1.04. The highest BCUT2D eigenvalue weighted by Gasteiger charge is 2.39. The number of hydrogen-bond donors (Lipinski definition) is 1. The maximum atomic E-state index is 12.5. The summed E-state index contributed by atoms with van der Waals surface area (Å²) in [5.74, 6) is 1.91. The monoisotopic (exact) mass is 339 g/mol. The lowest BCUT2D eigenvalue weighted by Crippen LogP contribution is -2.33. The van der Waals surface area contributed by atoms with Gasteiger partial charge < -0.3 is 14.8 Å². The molecule has 0 spiro atoms. The molecule has 7 nitrogen and oxygen atoms in total. The van der Waals surface area contributed by atoms with E-state index in [1.54, 1.807) is 6.92 Å². The van der Waals surface area contributed by atoms with Crippen LogP contribution in [-0.2, 0) is 24.3 Å². The summed E-state index contributed by atoms with van der Waals surface area (Å²) in [6, 6.07) is 9.78. The van der Waals surface area contributed by atoms with E-state index in [2.05, 4.69) is 15.5 Å². The second-order valence-corrected chi connectivity index (χ2v) is 6.87. The van der Waals surface area contributed by atoms with E-state index in [4.69, 9.17) is 0 Å². The van der Waals surface area contributed by atoms with Crippen LogP contribution in [0.4, 0.5) is 0 Å². The van der Waals surface area contributed by atoms with E-state index < -0.39 is 0 Å². The van der Waals surface area contributed by atoms with Crippen LogP contribution in [0.1, 0.15) is 28.9 Å². The first kappa shape index (κ1) is 15.8. The van der Waals surface area contributed by atoms with Crippen molar-refractivity contribution in [1.29, 1.82) is 0 Å². The minimum absolute atomic E-state index is 0.117. The third-order valence-corrected chi connectivity index (χ3v) is 5.21. The van der Waals surface area contributed by atoms with E-state index >= 15 is 0 Å². The third kappa shape index (κ3) is 3.01. The number of nitrogens with one attached hydrogen (secondary N) is 1. The maximum absolute atomic E-state index is 12.5. The summed E-state index contributed by atoms with van der Waals surface area (Å²) in [5, 5.41) is 11.2. The van der Waals surface area contributed by atoms with Crippen LogP contribution in [0, 0.1) is 11.8 Å². The van der Waals surface area contributed by atoms with E-state index in [0.29, 0.717) is 30.7 Å². The zero-order valence-corrected chi connectivity index (χ0v) is 14.2. The van der Waals surface area contributed by atoms with Crippen molar-refractivity contribution >= 4 is 11.8 Å². The number of amides is 2. The average Bonchev–Trinajstić information content (AvgIpc) is 3.22. The van der Waals surface area contributed by atoms with Gasteiger partial charge in [-0.15, -0.1) is 10.2 Å². The van der Waals surface area contributed by atoms with Gasteiger partial charge in [0.25, 0.3) is 5.91 Å². The number of rotatable bonds is 3. The Morgan fingerprint density at radius 2 is 1.88 bits per heavy atom. The Morgan fingerprint density at radius 1 is 1.12 bits per heavy atom. The topological polar surface area (TPSA) is 80.1 Å². The van der Waals surface area contributed by atoms with Crippen LogP contribution in [-0.4, -0.2) is 44.6 Å². The highest BCUT2D eigenvalue weighted by Crippen LogP contribution is 2.32. The van der Waals surface area contributed by atoms with Gasteiger partial charge in [0, 0.05) is 39.5 Å². The Hall–Kier alpha value is -2.70. The zero-order valence-electron chi connectivity index (χ0n) is 14.2. The van der Waals surface area contributed by atoms with Gasteiger partial charge in [-0.05, 0) is 17.4 Å². The molecule has 4 rings (SSSR count). The Labute approximate surface area is 146 Å². The molecule has 2 atom stereocenters. The Kier molecular flexibility index (Phi) is 3.99. The summed E-state index contributed by atoms with van der Waals surface area (Å²) < 4.78 is 1.92. The summed E-state index contributed by atoms with van der Waals surface area (Å²) in [7, 11) is 0. The molecule has 1 aromatic carbocycles. The van der Waals surface area contributed by atoms with E-state index in [1.165, 1.54) is 0 Å². The average molecular weight is 339 g/mol. The summed E-state index contributed by atoms with van der Waals surface area (Å²) in [4.78, 5) is 26.0. The second-order valence-electron chi connectivity index (χ2n) is 6.87. The minimum Gasteiger partial charge on any atom is -0.345 e. The first-order chi connectivity index (χ1) is 12.1. The van der Waals surface area contributed by atoms with Crippen molar-refractivity contribution in [1.82, 2.24) is 25.0 Å². The number of aromatic nitrogens is 3. The molecule has 130 valence electrons. The molecule has 1 fully saturated rings. The van der Waals surface area contributed by atoms with Gasteiger partial charge in [0.05, 0.1) is 0 Å². The highest BCUT2D eigenvalue weighted by molar-refractivity contribution is 5.90. The molecule has 2 amide bonds. The van der Waals surface area contributed by atoms with Gasteiger partial charge in [-0.2, -0.15) is 0 Å². The molecular weight excluding hydrogens is 318 g/mol. The maximum Gasteiger partial charge on any atom is 0.289 e. The van der Waals surface area contributed by atoms with Crippen molar-refractivity contribution in [2.45, 2.75) is 26.4 Å². The van der Waals surface area contributed by atoms with E-state index in [9.17, 15) is 9.59 Å². The molecule has 1 aromatic heterocycles. The van der Waals surface area contributed by atoms with Gasteiger partial charge in [0.2, 0.25) is 11.7 Å². The number of carbonyl (C=O) groups excluding carboxylic acids is 2. The van der Waals surface area contributed by atoms with Crippen molar-refractivity contribution in [3.8, 4) is 0 Å². The highest BCUT2D eigenvalue weighted by atomic mass is 16.2. The van der Waals surface area contributed by atoms with Crippen molar-refractivity contribution in [2.24, 2.45) is 11.8 Å². The lowest BCUT2D eigenvalue weighted by atomic mass is 9.89. The van der Waals surface area contributed by atoms with Crippen molar-refractivity contribution in [3.63, 3.8) is 0 Å². The van der Waals surface area contributed by atoms with Crippen LogP contribution in [0.3, 0.4) is 0 Å².